The van der Waals surface area contributed by atoms with Gasteiger partial charge in [-0.3, -0.25) is 0 Å². The van der Waals surface area contributed by atoms with E-state index in [4.69, 9.17) is 9.47 Å². The normalized spacial score (nSPS) is 11.9. The van der Waals surface area contributed by atoms with Crippen LogP contribution in [0.4, 0.5) is 0 Å². The number of esters is 1. The smallest absolute Gasteiger partial charge is 0.339 e. The Labute approximate surface area is 108 Å². The first-order chi connectivity index (χ1) is 8.72. The third kappa shape index (κ3) is 4.04. The van der Waals surface area contributed by atoms with E-state index in [2.05, 4.69) is 11.7 Å². The van der Waals surface area contributed by atoms with E-state index >= 15 is 0 Å². The quantitative estimate of drug-likeness (QED) is 0.553. The molecule has 1 atom stereocenters. The highest BCUT2D eigenvalue weighted by molar-refractivity contribution is 5.76. The number of carbonyl (C=O) groups is 1. The Balaban J connectivity index is 2.65. The van der Waals surface area contributed by atoms with Crippen LogP contribution in [0.2, 0.25) is 0 Å². The third-order valence-electron chi connectivity index (χ3n) is 2.60. The number of rotatable bonds is 7. The van der Waals surface area contributed by atoms with E-state index in [-0.39, 0.29) is 0 Å². The summed E-state index contributed by atoms with van der Waals surface area (Å²) in [5.74, 6) is 0.393. The summed E-state index contributed by atoms with van der Waals surface area (Å²) in [6, 6.07) is 7.29. The van der Waals surface area contributed by atoms with Gasteiger partial charge >= 0.3 is 5.97 Å². The van der Waals surface area contributed by atoms with Crippen LogP contribution in [-0.4, -0.2) is 26.8 Å². The van der Waals surface area contributed by atoms with Gasteiger partial charge in [0.05, 0.1) is 13.7 Å². The summed E-state index contributed by atoms with van der Waals surface area (Å²) in [6.07, 6.45) is 1.45. The molecule has 1 unspecified atom stereocenters. The molecule has 4 heteroatoms. The average molecular weight is 252 g/mol. The van der Waals surface area contributed by atoms with Crippen molar-refractivity contribution in [2.24, 2.45) is 0 Å². The SMILES string of the molecule is CCCCOc1ccc(C(OC)C(=O)OC)cc1. The van der Waals surface area contributed by atoms with Gasteiger partial charge in [0.25, 0.3) is 0 Å². The molecule has 4 nitrogen and oxygen atoms in total. The second-order valence-corrected chi connectivity index (χ2v) is 3.91. The van der Waals surface area contributed by atoms with Crippen LogP contribution < -0.4 is 4.74 Å². The van der Waals surface area contributed by atoms with E-state index in [1.165, 1.54) is 14.2 Å². The van der Waals surface area contributed by atoms with Gasteiger partial charge in [0.2, 0.25) is 0 Å². The summed E-state index contributed by atoms with van der Waals surface area (Å²) >= 11 is 0. The van der Waals surface area contributed by atoms with Crippen molar-refractivity contribution in [1.29, 1.82) is 0 Å². The number of benzene rings is 1. The molecule has 1 aromatic carbocycles. The molecule has 100 valence electrons. The molecule has 18 heavy (non-hydrogen) atoms. The van der Waals surface area contributed by atoms with Crippen LogP contribution in [0.5, 0.6) is 5.75 Å². The molecule has 0 aliphatic rings. The van der Waals surface area contributed by atoms with Gasteiger partial charge in [-0.15, -0.1) is 0 Å². The van der Waals surface area contributed by atoms with E-state index in [1.807, 2.05) is 24.3 Å². The molecule has 0 heterocycles. The lowest BCUT2D eigenvalue weighted by Crippen LogP contribution is -2.15. The molecule has 0 aliphatic carbocycles. The number of hydrogen-bond donors (Lipinski definition) is 0. The predicted octanol–water partition coefficient (Wildman–Crippen LogP) is 2.73. The van der Waals surface area contributed by atoms with Crippen LogP contribution in [0.15, 0.2) is 24.3 Å². The molecule has 0 bridgehead atoms. The Bertz CT molecular complexity index is 359. The number of methoxy groups -OCH3 is 2. The van der Waals surface area contributed by atoms with Gasteiger partial charge in [0.15, 0.2) is 6.10 Å². The molecule has 0 saturated heterocycles. The minimum absolute atomic E-state index is 0.405. The Kier molecular flexibility index (Phi) is 6.22. The van der Waals surface area contributed by atoms with E-state index < -0.39 is 12.1 Å². The first-order valence-electron chi connectivity index (χ1n) is 6.06. The van der Waals surface area contributed by atoms with Crippen molar-refractivity contribution in [1.82, 2.24) is 0 Å². The number of ether oxygens (including phenoxy) is 3. The van der Waals surface area contributed by atoms with E-state index in [1.54, 1.807) is 0 Å². The van der Waals surface area contributed by atoms with Crippen LogP contribution in [0, 0.1) is 0 Å². The predicted molar refractivity (Wildman–Crippen MR) is 68.6 cm³/mol. The molecular weight excluding hydrogens is 232 g/mol. The maximum absolute atomic E-state index is 11.5. The van der Waals surface area contributed by atoms with Crippen molar-refractivity contribution in [3.05, 3.63) is 29.8 Å². The number of carbonyl (C=O) groups excluding carboxylic acids is 1. The molecule has 0 radical (unpaired) electrons. The van der Waals surface area contributed by atoms with Gasteiger partial charge in [-0.1, -0.05) is 25.5 Å². The van der Waals surface area contributed by atoms with Crippen LogP contribution in [0.3, 0.4) is 0 Å². The number of hydrogen-bond acceptors (Lipinski definition) is 4. The Morgan fingerprint density at radius 2 is 1.89 bits per heavy atom. The van der Waals surface area contributed by atoms with Crippen molar-refractivity contribution < 1.29 is 19.0 Å². The largest absolute Gasteiger partial charge is 0.494 e. The summed E-state index contributed by atoms with van der Waals surface area (Å²) in [5, 5.41) is 0. The van der Waals surface area contributed by atoms with Crippen molar-refractivity contribution >= 4 is 5.97 Å². The summed E-state index contributed by atoms with van der Waals surface area (Å²) < 4.78 is 15.3. The standard InChI is InChI=1S/C14H20O4/c1-4-5-10-18-12-8-6-11(7-9-12)13(16-2)14(15)17-3/h6-9,13H,4-5,10H2,1-3H3. The Hall–Kier alpha value is -1.55. The zero-order valence-electron chi connectivity index (χ0n) is 11.1. The fourth-order valence-corrected chi connectivity index (χ4v) is 1.55. The van der Waals surface area contributed by atoms with Gasteiger partial charge in [-0.25, -0.2) is 4.79 Å². The highest BCUT2D eigenvalue weighted by atomic mass is 16.6. The molecule has 0 spiro atoms. The molecule has 0 N–H and O–H groups in total. The lowest BCUT2D eigenvalue weighted by molar-refractivity contribution is -0.152. The second-order valence-electron chi connectivity index (χ2n) is 3.91. The van der Waals surface area contributed by atoms with E-state index in [0.717, 1.165) is 24.2 Å². The topological polar surface area (TPSA) is 44.8 Å². The molecule has 0 aliphatic heterocycles. The van der Waals surface area contributed by atoms with Gasteiger partial charge in [0.1, 0.15) is 5.75 Å². The minimum atomic E-state index is -0.681. The zero-order chi connectivity index (χ0) is 13.4. The van der Waals surface area contributed by atoms with Gasteiger partial charge in [0, 0.05) is 7.11 Å². The molecule has 1 rings (SSSR count). The van der Waals surface area contributed by atoms with Crippen molar-refractivity contribution in [3.63, 3.8) is 0 Å². The van der Waals surface area contributed by atoms with Crippen LogP contribution >= 0.6 is 0 Å². The fraction of sp³-hybridized carbons (Fsp3) is 0.500. The second kappa shape index (κ2) is 7.71. The fourth-order valence-electron chi connectivity index (χ4n) is 1.55. The number of unbranched alkanes of at least 4 members (excludes halogenated alkanes) is 1. The molecule has 0 fully saturated rings. The third-order valence-corrected chi connectivity index (χ3v) is 2.60. The molecular formula is C14H20O4. The van der Waals surface area contributed by atoms with Gasteiger partial charge in [-0.2, -0.15) is 0 Å². The summed E-state index contributed by atoms with van der Waals surface area (Å²) in [4.78, 5) is 11.5. The molecule has 0 saturated carbocycles. The molecule has 1 aromatic rings. The summed E-state index contributed by atoms with van der Waals surface area (Å²) in [5.41, 5.74) is 0.757. The molecule has 0 aromatic heterocycles. The van der Waals surface area contributed by atoms with Crippen LogP contribution in [-0.2, 0) is 14.3 Å². The van der Waals surface area contributed by atoms with E-state index in [0.29, 0.717) is 6.61 Å². The van der Waals surface area contributed by atoms with Gasteiger partial charge < -0.3 is 14.2 Å². The Morgan fingerprint density at radius 3 is 2.39 bits per heavy atom. The highest BCUT2D eigenvalue weighted by Crippen LogP contribution is 2.21. The van der Waals surface area contributed by atoms with Crippen molar-refractivity contribution in [2.45, 2.75) is 25.9 Å². The lowest BCUT2D eigenvalue weighted by atomic mass is 10.1. The maximum atomic E-state index is 11.5. The van der Waals surface area contributed by atoms with Crippen LogP contribution in [0.1, 0.15) is 31.4 Å². The van der Waals surface area contributed by atoms with Crippen molar-refractivity contribution in [2.75, 3.05) is 20.8 Å². The molecule has 0 amide bonds. The first kappa shape index (κ1) is 14.5. The first-order valence-corrected chi connectivity index (χ1v) is 6.06. The minimum Gasteiger partial charge on any atom is -0.494 e. The highest BCUT2D eigenvalue weighted by Gasteiger charge is 2.20. The summed E-state index contributed by atoms with van der Waals surface area (Å²) in [7, 11) is 2.82. The zero-order valence-corrected chi connectivity index (χ0v) is 11.1. The maximum Gasteiger partial charge on any atom is 0.339 e. The van der Waals surface area contributed by atoms with Crippen LogP contribution in [0.25, 0.3) is 0 Å². The van der Waals surface area contributed by atoms with Crippen molar-refractivity contribution in [3.8, 4) is 5.75 Å². The van der Waals surface area contributed by atoms with E-state index in [9.17, 15) is 4.79 Å². The summed E-state index contributed by atoms with van der Waals surface area (Å²) in [6.45, 7) is 2.83. The average Bonchev–Trinajstić information content (AvgIpc) is 2.41. The van der Waals surface area contributed by atoms with Gasteiger partial charge in [-0.05, 0) is 24.1 Å². The lowest BCUT2D eigenvalue weighted by Gasteiger charge is -2.13. The monoisotopic (exact) mass is 252 g/mol. The Morgan fingerprint density at radius 1 is 1.22 bits per heavy atom.